The van der Waals surface area contributed by atoms with E-state index in [4.69, 9.17) is 4.74 Å². The largest absolute Gasteiger partial charge is 0.378 e. The molecule has 0 amide bonds. The lowest BCUT2D eigenvalue weighted by Gasteiger charge is -2.36. The summed E-state index contributed by atoms with van der Waals surface area (Å²) in [6, 6.07) is 0. The highest BCUT2D eigenvalue weighted by Gasteiger charge is 2.61. The Kier molecular flexibility index (Phi) is 2.03. The summed E-state index contributed by atoms with van der Waals surface area (Å²) in [4.78, 5) is 0. The SMILES string of the molecule is CCCOC1CC2CC1C1C3C=CC(C3)C21. The Morgan fingerprint density at radius 1 is 1.06 bits per heavy atom. The zero-order valence-electron chi connectivity index (χ0n) is 10.1. The van der Waals surface area contributed by atoms with Crippen LogP contribution in [0.2, 0.25) is 0 Å². The molecule has 7 atom stereocenters. The zero-order valence-corrected chi connectivity index (χ0v) is 10.1. The molecule has 0 aromatic heterocycles. The molecule has 1 nitrogen and oxygen atoms in total. The molecule has 0 N–H and O–H groups in total. The lowest BCUT2D eigenvalue weighted by atomic mass is 9.72. The minimum atomic E-state index is 0.624. The summed E-state index contributed by atoms with van der Waals surface area (Å²) >= 11 is 0. The van der Waals surface area contributed by atoms with Crippen molar-refractivity contribution in [1.82, 2.24) is 0 Å². The second kappa shape index (κ2) is 3.35. The fourth-order valence-electron chi connectivity index (χ4n) is 5.42. The van der Waals surface area contributed by atoms with Gasteiger partial charge in [0.25, 0.3) is 0 Å². The molecule has 0 aromatic carbocycles. The molecule has 0 saturated heterocycles. The van der Waals surface area contributed by atoms with Crippen molar-refractivity contribution in [1.29, 1.82) is 0 Å². The molecule has 4 aliphatic carbocycles. The fraction of sp³-hybridized carbons (Fsp3) is 0.867. The molecule has 88 valence electrons. The van der Waals surface area contributed by atoms with Crippen molar-refractivity contribution in [2.24, 2.45) is 35.5 Å². The Balaban J connectivity index is 1.54. The average Bonchev–Trinajstić information content (AvgIpc) is 3.02. The summed E-state index contributed by atoms with van der Waals surface area (Å²) in [7, 11) is 0. The van der Waals surface area contributed by atoms with Gasteiger partial charge >= 0.3 is 0 Å². The van der Waals surface area contributed by atoms with E-state index in [2.05, 4.69) is 19.1 Å². The molecule has 4 aliphatic rings. The van der Waals surface area contributed by atoms with Crippen molar-refractivity contribution in [2.45, 2.75) is 38.7 Å². The molecule has 0 aromatic rings. The molecule has 0 spiro atoms. The summed E-state index contributed by atoms with van der Waals surface area (Å²) in [6.45, 7) is 3.20. The number of fused-ring (bicyclic) bond motifs is 9. The van der Waals surface area contributed by atoms with Gasteiger partial charge in [0.1, 0.15) is 0 Å². The predicted octanol–water partition coefficient (Wildman–Crippen LogP) is 3.26. The van der Waals surface area contributed by atoms with Gasteiger partial charge < -0.3 is 4.74 Å². The fourth-order valence-corrected chi connectivity index (χ4v) is 5.42. The highest BCUT2D eigenvalue weighted by molar-refractivity contribution is 5.20. The molecule has 16 heavy (non-hydrogen) atoms. The molecular weight excluding hydrogens is 196 g/mol. The second-order valence-electron chi connectivity index (χ2n) is 6.41. The number of ether oxygens (including phenoxy) is 1. The molecule has 4 bridgehead atoms. The van der Waals surface area contributed by atoms with Gasteiger partial charge in [0.05, 0.1) is 6.10 Å². The number of hydrogen-bond donors (Lipinski definition) is 0. The molecule has 0 heterocycles. The van der Waals surface area contributed by atoms with E-state index in [0.29, 0.717) is 6.10 Å². The summed E-state index contributed by atoms with van der Waals surface area (Å²) in [5, 5.41) is 0. The van der Waals surface area contributed by atoms with Gasteiger partial charge in [-0.05, 0) is 61.2 Å². The van der Waals surface area contributed by atoms with Gasteiger partial charge in [-0.2, -0.15) is 0 Å². The van der Waals surface area contributed by atoms with Crippen molar-refractivity contribution in [3.05, 3.63) is 12.2 Å². The Hall–Kier alpha value is -0.300. The summed E-state index contributed by atoms with van der Waals surface area (Å²) in [6.07, 6.45) is 11.2. The van der Waals surface area contributed by atoms with Crippen LogP contribution in [0.3, 0.4) is 0 Å². The van der Waals surface area contributed by atoms with E-state index in [9.17, 15) is 0 Å². The van der Waals surface area contributed by atoms with Crippen molar-refractivity contribution >= 4 is 0 Å². The first-order valence-electron chi connectivity index (χ1n) is 7.18. The lowest BCUT2D eigenvalue weighted by Crippen LogP contribution is -2.35. The molecule has 4 rings (SSSR count). The first-order valence-corrected chi connectivity index (χ1v) is 7.18. The molecule has 1 heteroatoms. The summed E-state index contributed by atoms with van der Waals surface area (Å²) in [5.41, 5.74) is 0. The van der Waals surface area contributed by atoms with E-state index in [0.717, 1.165) is 42.1 Å². The molecule has 3 saturated carbocycles. The zero-order chi connectivity index (χ0) is 10.7. The normalized spacial score (nSPS) is 56.2. The first kappa shape index (κ1) is 9.70. The van der Waals surface area contributed by atoms with Crippen LogP contribution in [0, 0.1) is 35.5 Å². The maximum atomic E-state index is 6.08. The molecular formula is C15H22O. The van der Waals surface area contributed by atoms with Crippen molar-refractivity contribution in [2.75, 3.05) is 6.61 Å². The Morgan fingerprint density at radius 2 is 1.88 bits per heavy atom. The number of hydrogen-bond acceptors (Lipinski definition) is 1. The predicted molar refractivity (Wildman–Crippen MR) is 64.0 cm³/mol. The van der Waals surface area contributed by atoms with Crippen LogP contribution in [-0.2, 0) is 4.74 Å². The third-order valence-corrected chi connectivity index (χ3v) is 5.75. The molecule has 0 aliphatic heterocycles. The van der Waals surface area contributed by atoms with Gasteiger partial charge in [0.15, 0.2) is 0 Å². The van der Waals surface area contributed by atoms with Crippen LogP contribution < -0.4 is 0 Å². The minimum Gasteiger partial charge on any atom is -0.378 e. The van der Waals surface area contributed by atoms with Crippen LogP contribution in [0.1, 0.15) is 32.6 Å². The van der Waals surface area contributed by atoms with Crippen LogP contribution in [0.5, 0.6) is 0 Å². The Labute approximate surface area is 98.2 Å². The van der Waals surface area contributed by atoms with E-state index in [1.165, 1.54) is 25.7 Å². The van der Waals surface area contributed by atoms with Crippen LogP contribution >= 0.6 is 0 Å². The maximum Gasteiger partial charge on any atom is 0.0609 e. The van der Waals surface area contributed by atoms with Crippen molar-refractivity contribution < 1.29 is 4.74 Å². The van der Waals surface area contributed by atoms with Gasteiger partial charge in [0, 0.05) is 6.61 Å². The van der Waals surface area contributed by atoms with Crippen molar-refractivity contribution in [3.63, 3.8) is 0 Å². The first-order chi connectivity index (χ1) is 7.88. The topological polar surface area (TPSA) is 9.23 Å². The van der Waals surface area contributed by atoms with Crippen LogP contribution in [0.25, 0.3) is 0 Å². The quantitative estimate of drug-likeness (QED) is 0.522. The third kappa shape index (κ3) is 1.11. The Bertz CT molecular complexity index is 321. The third-order valence-electron chi connectivity index (χ3n) is 5.75. The van der Waals surface area contributed by atoms with E-state index < -0.39 is 0 Å². The highest BCUT2D eigenvalue weighted by atomic mass is 16.5. The summed E-state index contributed by atoms with van der Waals surface area (Å²) in [5.74, 6) is 5.88. The molecule has 0 radical (unpaired) electrons. The van der Waals surface area contributed by atoms with Gasteiger partial charge in [-0.3, -0.25) is 0 Å². The van der Waals surface area contributed by atoms with Crippen LogP contribution in [0.4, 0.5) is 0 Å². The standard InChI is InChI=1S/C15H22O/c1-2-5-16-13-8-11-7-12(13)15-10-4-3-9(6-10)14(11)15/h3-4,9-15H,2,5-8H2,1H3. The average molecular weight is 218 g/mol. The number of rotatable bonds is 3. The van der Waals surface area contributed by atoms with Crippen LogP contribution in [0.15, 0.2) is 12.2 Å². The maximum absolute atomic E-state index is 6.08. The van der Waals surface area contributed by atoms with E-state index >= 15 is 0 Å². The van der Waals surface area contributed by atoms with E-state index in [1.54, 1.807) is 0 Å². The highest BCUT2D eigenvalue weighted by Crippen LogP contribution is 2.65. The van der Waals surface area contributed by atoms with E-state index in [1.807, 2.05) is 0 Å². The minimum absolute atomic E-state index is 0.624. The Morgan fingerprint density at radius 3 is 2.69 bits per heavy atom. The number of allylic oxidation sites excluding steroid dienone is 2. The molecule has 3 fully saturated rings. The van der Waals surface area contributed by atoms with Gasteiger partial charge in [0.2, 0.25) is 0 Å². The van der Waals surface area contributed by atoms with E-state index in [-0.39, 0.29) is 0 Å². The van der Waals surface area contributed by atoms with Crippen LogP contribution in [-0.4, -0.2) is 12.7 Å². The van der Waals surface area contributed by atoms with Crippen molar-refractivity contribution in [3.8, 4) is 0 Å². The van der Waals surface area contributed by atoms with Gasteiger partial charge in [-0.15, -0.1) is 0 Å². The monoisotopic (exact) mass is 218 g/mol. The summed E-state index contributed by atoms with van der Waals surface area (Å²) < 4.78 is 6.08. The van der Waals surface area contributed by atoms with Gasteiger partial charge in [-0.25, -0.2) is 0 Å². The van der Waals surface area contributed by atoms with Gasteiger partial charge in [-0.1, -0.05) is 19.1 Å². The molecule has 7 unspecified atom stereocenters. The second-order valence-corrected chi connectivity index (χ2v) is 6.41. The smallest absolute Gasteiger partial charge is 0.0609 e. The lowest BCUT2D eigenvalue weighted by molar-refractivity contribution is -0.0181.